The zero-order chi connectivity index (χ0) is 13.0. The van der Waals surface area contributed by atoms with E-state index >= 15 is 0 Å². The maximum Gasteiger partial charge on any atom is 0.177 e. The molecule has 1 rings (SSSR count). The van der Waals surface area contributed by atoms with Gasteiger partial charge in [0.1, 0.15) is 0 Å². The monoisotopic (exact) mass is 233 g/mol. The van der Waals surface area contributed by atoms with Crippen LogP contribution in [-0.4, -0.2) is 29.8 Å². The van der Waals surface area contributed by atoms with Gasteiger partial charge in [-0.15, -0.1) is 0 Å². The van der Waals surface area contributed by atoms with Crippen LogP contribution in [0.3, 0.4) is 0 Å². The van der Waals surface area contributed by atoms with Gasteiger partial charge in [-0.05, 0) is 45.9 Å². The lowest BCUT2D eigenvalue weighted by Crippen LogP contribution is -2.35. The maximum absolute atomic E-state index is 12.2. The summed E-state index contributed by atoms with van der Waals surface area (Å²) in [6, 6.07) is 6.47. The van der Waals surface area contributed by atoms with Crippen molar-refractivity contribution < 1.29 is 4.79 Å². The van der Waals surface area contributed by atoms with Gasteiger partial charge in [-0.1, -0.05) is 24.6 Å². The Kier molecular flexibility index (Phi) is 4.88. The fraction of sp³-hybridized carbons (Fsp3) is 0.533. The van der Waals surface area contributed by atoms with Crippen molar-refractivity contribution in [2.75, 3.05) is 13.1 Å². The zero-order valence-corrected chi connectivity index (χ0v) is 11.6. The first-order valence-corrected chi connectivity index (χ1v) is 6.30. The largest absolute Gasteiger partial charge is 0.294 e. The van der Waals surface area contributed by atoms with Gasteiger partial charge in [-0.3, -0.25) is 9.69 Å². The highest BCUT2D eigenvalue weighted by molar-refractivity contribution is 5.99. The number of rotatable bonds is 5. The third kappa shape index (κ3) is 3.67. The van der Waals surface area contributed by atoms with Crippen LogP contribution in [0.2, 0.25) is 0 Å². The quantitative estimate of drug-likeness (QED) is 0.728. The summed E-state index contributed by atoms with van der Waals surface area (Å²) < 4.78 is 0. The Morgan fingerprint density at radius 3 is 2.47 bits per heavy atom. The van der Waals surface area contributed by atoms with Crippen molar-refractivity contribution in [2.24, 2.45) is 0 Å². The molecule has 0 unspecified atom stereocenters. The van der Waals surface area contributed by atoms with Gasteiger partial charge in [0.05, 0.1) is 6.54 Å². The summed E-state index contributed by atoms with van der Waals surface area (Å²) >= 11 is 0. The van der Waals surface area contributed by atoms with E-state index in [1.165, 1.54) is 0 Å². The number of likely N-dealkylation sites (N-methyl/N-ethyl adjacent to an activating group) is 1. The summed E-state index contributed by atoms with van der Waals surface area (Å²) in [6.45, 7) is 11.8. The number of hydrogen-bond acceptors (Lipinski definition) is 2. The Hall–Kier alpha value is -1.15. The molecular weight excluding hydrogens is 210 g/mol. The highest BCUT2D eigenvalue weighted by Gasteiger charge is 2.15. The first-order valence-electron chi connectivity index (χ1n) is 6.30. The summed E-state index contributed by atoms with van der Waals surface area (Å²) in [6.07, 6.45) is 0. The molecule has 0 heterocycles. The Labute approximate surface area is 105 Å². The van der Waals surface area contributed by atoms with Crippen molar-refractivity contribution in [3.05, 3.63) is 34.9 Å². The summed E-state index contributed by atoms with van der Waals surface area (Å²) in [4.78, 5) is 14.4. The van der Waals surface area contributed by atoms with E-state index in [2.05, 4.69) is 25.7 Å². The van der Waals surface area contributed by atoms with Crippen LogP contribution in [0.5, 0.6) is 0 Å². The maximum atomic E-state index is 12.2. The van der Waals surface area contributed by atoms with Gasteiger partial charge in [0.2, 0.25) is 0 Å². The predicted octanol–water partition coefficient (Wildman–Crippen LogP) is 3.22. The first kappa shape index (κ1) is 13.9. The number of benzene rings is 1. The summed E-state index contributed by atoms with van der Waals surface area (Å²) in [5.41, 5.74) is 3.08. The van der Waals surface area contributed by atoms with Crippen LogP contribution in [0.4, 0.5) is 0 Å². The molecular formula is C15H23NO. The van der Waals surface area contributed by atoms with E-state index in [4.69, 9.17) is 0 Å². The van der Waals surface area contributed by atoms with Crippen molar-refractivity contribution in [1.82, 2.24) is 4.90 Å². The van der Waals surface area contributed by atoms with E-state index in [-0.39, 0.29) is 5.78 Å². The topological polar surface area (TPSA) is 20.3 Å². The average molecular weight is 233 g/mol. The number of carbonyl (C=O) groups is 1. The first-order chi connectivity index (χ1) is 7.95. The smallest absolute Gasteiger partial charge is 0.177 e. The lowest BCUT2D eigenvalue weighted by molar-refractivity contribution is 0.0910. The van der Waals surface area contributed by atoms with Gasteiger partial charge in [-0.25, -0.2) is 0 Å². The van der Waals surface area contributed by atoms with Crippen LogP contribution in [0.1, 0.15) is 42.3 Å². The number of Topliss-reactive ketones (excluding diaryl/α,β-unsaturated/α-hetero) is 1. The van der Waals surface area contributed by atoms with Crippen LogP contribution in [0, 0.1) is 13.8 Å². The molecule has 0 saturated carbocycles. The molecule has 0 aliphatic heterocycles. The second-order valence-electron chi connectivity index (χ2n) is 4.90. The van der Waals surface area contributed by atoms with Gasteiger partial charge in [-0.2, -0.15) is 0 Å². The standard InChI is InChI=1S/C15H23NO/c1-6-16(11(2)3)10-15(17)14-9-12(4)7-8-13(14)5/h7-9,11H,6,10H2,1-5H3. The molecule has 0 atom stereocenters. The number of hydrogen-bond donors (Lipinski definition) is 0. The van der Waals surface area contributed by atoms with E-state index in [0.29, 0.717) is 12.6 Å². The lowest BCUT2D eigenvalue weighted by Gasteiger charge is -2.24. The van der Waals surface area contributed by atoms with E-state index in [1.807, 2.05) is 32.0 Å². The van der Waals surface area contributed by atoms with Gasteiger partial charge in [0, 0.05) is 11.6 Å². The van der Waals surface area contributed by atoms with Gasteiger partial charge in [0.15, 0.2) is 5.78 Å². The molecule has 0 radical (unpaired) electrons. The minimum Gasteiger partial charge on any atom is -0.294 e. The van der Waals surface area contributed by atoms with Crippen molar-refractivity contribution >= 4 is 5.78 Å². The molecule has 2 heteroatoms. The Morgan fingerprint density at radius 2 is 1.94 bits per heavy atom. The average Bonchev–Trinajstić information content (AvgIpc) is 2.28. The third-order valence-corrected chi connectivity index (χ3v) is 3.18. The fourth-order valence-electron chi connectivity index (χ4n) is 1.97. The molecule has 17 heavy (non-hydrogen) atoms. The van der Waals surface area contributed by atoms with Gasteiger partial charge < -0.3 is 0 Å². The molecule has 0 amide bonds. The Balaban J connectivity index is 2.86. The lowest BCUT2D eigenvalue weighted by atomic mass is 10.0. The van der Waals surface area contributed by atoms with Gasteiger partial charge >= 0.3 is 0 Å². The minimum atomic E-state index is 0.224. The predicted molar refractivity (Wildman–Crippen MR) is 72.6 cm³/mol. The van der Waals surface area contributed by atoms with E-state index in [1.54, 1.807) is 0 Å². The molecule has 1 aromatic rings. The van der Waals surface area contributed by atoms with Crippen LogP contribution in [-0.2, 0) is 0 Å². The zero-order valence-electron chi connectivity index (χ0n) is 11.6. The third-order valence-electron chi connectivity index (χ3n) is 3.18. The molecule has 0 spiro atoms. The minimum absolute atomic E-state index is 0.224. The van der Waals surface area contributed by atoms with E-state index < -0.39 is 0 Å². The van der Waals surface area contributed by atoms with E-state index in [9.17, 15) is 4.79 Å². The molecule has 0 N–H and O–H groups in total. The molecule has 2 nitrogen and oxygen atoms in total. The molecule has 0 saturated heterocycles. The summed E-state index contributed by atoms with van der Waals surface area (Å²) in [5, 5.41) is 0. The number of ketones is 1. The van der Waals surface area contributed by atoms with E-state index in [0.717, 1.165) is 23.2 Å². The molecule has 94 valence electrons. The fourth-order valence-corrected chi connectivity index (χ4v) is 1.97. The van der Waals surface area contributed by atoms with Crippen LogP contribution in [0.15, 0.2) is 18.2 Å². The number of nitrogens with zero attached hydrogens (tertiary/aromatic N) is 1. The normalized spacial score (nSPS) is 11.2. The molecule has 0 aliphatic rings. The SMILES string of the molecule is CCN(CC(=O)c1cc(C)ccc1C)C(C)C. The number of carbonyl (C=O) groups excluding carboxylic acids is 1. The van der Waals surface area contributed by atoms with Crippen molar-refractivity contribution in [3.63, 3.8) is 0 Å². The van der Waals surface area contributed by atoms with Crippen LogP contribution < -0.4 is 0 Å². The molecule has 0 aliphatic carbocycles. The molecule has 0 fully saturated rings. The summed E-state index contributed by atoms with van der Waals surface area (Å²) in [5.74, 6) is 0.224. The second-order valence-corrected chi connectivity index (χ2v) is 4.90. The van der Waals surface area contributed by atoms with Crippen molar-refractivity contribution in [2.45, 2.75) is 40.7 Å². The summed E-state index contributed by atoms with van der Waals surface area (Å²) in [7, 11) is 0. The number of aryl methyl sites for hydroxylation is 2. The molecule has 0 aromatic heterocycles. The van der Waals surface area contributed by atoms with Gasteiger partial charge in [0.25, 0.3) is 0 Å². The Morgan fingerprint density at radius 1 is 1.29 bits per heavy atom. The highest BCUT2D eigenvalue weighted by atomic mass is 16.1. The molecule has 1 aromatic carbocycles. The highest BCUT2D eigenvalue weighted by Crippen LogP contribution is 2.12. The Bertz CT molecular complexity index is 396. The molecule has 0 bridgehead atoms. The van der Waals surface area contributed by atoms with Crippen molar-refractivity contribution in [1.29, 1.82) is 0 Å². The second kappa shape index (κ2) is 5.97. The van der Waals surface area contributed by atoms with Crippen LogP contribution in [0.25, 0.3) is 0 Å². The van der Waals surface area contributed by atoms with Crippen LogP contribution >= 0.6 is 0 Å². The van der Waals surface area contributed by atoms with Crippen molar-refractivity contribution in [3.8, 4) is 0 Å².